The van der Waals surface area contributed by atoms with Crippen LogP contribution in [0, 0.1) is 0 Å². The molecule has 24 heavy (non-hydrogen) atoms. The Hall–Kier alpha value is -1.72. The van der Waals surface area contributed by atoms with E-state index in [9.17, 15) is 14.7 Å². The summed E-state index contributed by atoms with van der Waals surface area (Å²) in [6.45, 7) is 7.98. The number of aliphatic hydroxyl groups is 1. The number of hydrogen-bond acceptors (Lipinski definition) is 5. The van der Waals surface area contributed by atoms with Crippen LogP contribution in [0.2, 0.25) is 0 Å². The Morgan fingerprint density at radius 2 is 1.92 bits per heavy atom. The molecule has 1 aliphatic heterocycles. The highest BCUT2D eigenvalue weighted by atomic mass is 16.5. The first-order valence-electron chi connectivity index (χ1n) is 8.39. The van der Waals surface area contributed by atoms with Crippen molar-refractivity contribution in [2.75, 3.05) is 0 Å². The van der Waals surface area contributed by atoms with Gasteiger partial charge in [0, 0.05) is 24.9 Å². The number of hydrogen-bond donors (Lipinski definition) is 2. The summed E-state index contributed by atoms with van der Waals surface area (Å²) in [5.41, 5.74) is 0.552. The van der Waals surface area contributed by atoms with Crippen molar-refractivity contribution in [3.05, 3.63) is 35.9 Å². The maximum Gasteiger partial charge on any atom is 0.293 e. The number of carbonyl (C=O) groups is 2. The number of ketones is 1. The van der Waals surface area contributed by atoms with E-state index < -0.39 is 6.10 Å². The highest BCUT2D eigenvalue weighted by molar-refractivity contribution is 5.80. The average Bonchev–Trinajstić information content (AvgIpc) is 2.54. The lowest BCUT2D eigenvalue weighted by atomic mass is 9.90. The Bertz CT molecular complexity index is 510. The van der Waals surface area contributed by atoms with E-state index in [2.05, 4.69) is 17.0 Å². The largest absolute Gasteiger partial charge is 0.462 e. The van der Waals surface area contributed by atoms with Gasteiger partial charge in [-0.2, -0.15) is 0 Å². The standard InChI is InChI=1S/C14H19NO2.C5H10O2/c1-2-11-8-12(16)9-13(15-11)14(17)10-6-4-3-5-7-10;1-5(2,3)7-4-6/h3-7,11,13-15,17H,2,8-9H2,1H3;4H,1-3H3. The fourth-order valence-corrected chi connectivity index (χ4v) is 2.52. The van der Waals surface area contributed by atoms with Crippen molar-refractivity contribution in [3.63, 3.8) is 0 Å². The number of Topliss-reactive ketones (excluding diaryl/α,β-unsaturated/α-hetero) is 1. The van der Waals surface area contributed by atoms with E-state index in [1.54, 1.807) is 0 Å². The molecule has 134 valence electrons. The van der Waals surface area contributed by atoms with Gasteiger partial charge in [0.1, 0.15) is 11.4 Å². The highest BCUT2D eigenvalue weighted by Crippen LogP contribution is 2.23. The lowest BCUT2D eigenvalue weighted by Gasteiger charge is -2.32. The van der Waals surface area contributed by atoms with Gasteiger partial charge in [0.15, 0.2) is 0 Å². The minimum Gasteiger partial charge on any atom is -0.462 e. The molecule has 0 spiro atoms. The first-order chi connectivity index (χ1) is 11.3. The maximum absolute atomic E-state index is 11.6. The van der Waals surface area contributed by atoms with E-state index in [-0.39, 0.29) is 23.5 Å². The molecule has 2 rings (SSSR count). The van der Waals surface area contributed by atoms with E-state index in [4.69, 9.17) is 0 Å². The van der Waals surface area contributed by atoms with Gasteiger partial charge in [-0.25, -0.2) is 0 Å². The Kier molecular flexibility index (Phi) is 8.08. The first-order valence-corrected chi connectivity index (χ1v) is 8.39. The molecule has 1 saturated heterocycles. The van der Waals surface area contributed by atoms with Crippen molar-refractivity contribution in [1.82, 2.24) is 5.32 Å². The number of benzene rings is 1. The molecule has 0 radical (unpaired) electrons. The van der Waals surface area contributed by atoms with Crippen LogP contribution in [0.5, 0.6) is 0 Å². The third kappa shape index (κ3) is 7.23. The SMILES string of the molecule is CC(C)(C)OC=O.CCC1CC(=O)CC(C(O)c2ccccc2)N1. The van der Waals surface area contributed by atoms with Crippen molar-refractivity contribution in [3.8, 4) is 0 Å². The van der Waals surface area contributed by atoms with Crippen LogP contribution in [0.3, 0.4) is 0 Å². The van der Waals surface area contributed by atoms with Crippen LogP contribution >= 0.6 is 0 Å². The van der Waals surface area contributed by atoms with Gasteiger partial charge in [0.2, 0.25) is 0 Å². The Morgan fingerprint density at radius 3 is 2.38 bits per heavy atom. The van der Waals surface area contributed by atoms with Crippen molar-refractivity contribution in [2.24, 2.45) is 0 Å². The molecule has 1 aliphatic rings. The second kappa shape index (κ2) is 9.55. The van der Waals surface area contributed by atoms with Crippen LogP contribution in [0.4, 0.5) is 0 Å². The molecule has 3 unspecified atom stereocenters. The third-order valence-corrected chi connectivity index (χ3v) is 3.79. The van der Waals surface area contributed by atoms with Crippen molar-refractivity contribution >= 4 is 12.3 Å². The zero-order valence-electron chi connectivity index (χ0n) is 15.0. The summed E-state index contributed by atoms with van der Waals surface area (Å²) in [5, 5.41) is 13.6. The third-order valence-electron chi connectivity index (χ3n) is 3.79. The Labute approximate surface area is 144 Å². The van der Waals surface area contributed by atoms with Crippen LogP contribution in [0.15, 0.2) is 30.3 Å². The molecule has 0 saturated carbocycles. The smallest absolute Gasteiger partial charge is 0.293 e. The van der Waals surface area contributed by atoms with Crippen LogP contribution in [-0.4, -0.2) is 35.0 Å². The van der Waals surface area contributed by atoms with Gasteiger partial charge >= 0.3 is 0 Å². The lowest BCUT2D eigenvalue weighted by molar-refractivity contribution is -0.138. The molecule has 1 aromatic carbocycles. The summed E-state index contributed by atoms with van der Waals surface area (Å²) >= 11 is 0. The topological polar surface area (TPSA) is 75.6 Å². The number of nitrogens with one attached hydrogen (secondary N) is 1. The predicted octanol–water partition coefficient (Wildman–Crippen LogP) is 2.78. The van der Waals surface area contributed by atoms with E-state index in [1.807, 2.05) is 51.1 Å². The van der Waals surface area contributed by atoms with E-state index in [0.717, 1.165) is 12.0 Å². The average molecular weight is 335 g/mol. The van der Waals surface area contributed by atoms with Crippen LogP contribution < -0.4 is 5.32 Å². The fraction of sp³-hybridized carbons (Fsp3) is 0.579. The van der Waals surface area contributed by atoms with Gasteiger partial charge in [-0.15, -0.1) is 0 Å². The second-order valence-electron chi connectivity index (χ2n) is 7.01. The predicted molar refractivity (Wildman–Crippen MR) is 93.5 cm³/mol. The van der Waals surface area contributed by atoms with Gasteiger partial charge in [-0.05, 0) is 32.8 Å². The first kappa shape index (κ1) is 20.3. The summed E-state index contributed by atoms with van der Waals surface area (Å²) in [5.74, 6) is 0.246. The monoisotopic (exact) mass is 335 g/mol. The van der Waals surface area contributed by atoms with Crippen molar-refractivity contribution in [1.29, 1.82) is 0 Å². The fourth-order valence-electron chi connectivity index (χ4n) is 2.52. The van der Waals surface area contributed by atoms with Gasteiger partial charge < -0.3 is 15.2 Å². The molecular formula is C19H29NO4. The van der Waals surface area contributed by atoms with Crippen LogP contribution in [0.25, 0.3) is 0 Å². The van der Waals surface area contributed by atoms with Crippen LogP contribution in [0.1, 0.15) is 58.6 Å². The Morgan fingerprint density at radius 1 is 1.29 bits per heavy atom. The quantitative estimate of drug-likeness (QED) is 0.828. The van der Waals surface area contributed by atoms with E-state index in [1.165, 1.54) is 0 Å². The molecule has 2 N–H and O–H groups in total. The number of ether oxygens (including phenoxy) is 1. The molecule has 0 amide bonds. The number of aliphatic hydroxyl groups excluding tert-OH is 1. The van der Waals surface area contributed by atoms with E-state index in [0.29, 0.717) is 19.3 Å². The molecule has 5 heteroatoms. The molecule has 0 aromatic heterocycles. The summed E-state index contributed by atoms with van der Waals surface area (Å²) < 4.78 is 4.55. The molecular weight excluding hydrogens is 306 g/mol. The lowest BCUT2D eigenvalue weighted by Crippen LogP contribution is -2.48. The number of piperidine rings is 1. The van der Waals surface area contributed by atoms with Gasteiger partial charge in [0.05, 0.1) is 6.10 Å². The molecule has 0 bridgehead atoms. The minimum atomic E-state index is -0.602. The molecule has 0 aliphatic carbocycles. The molecule has 1 fully saturated rings. The summed E-state index contributed by atoms with van der Waals surface area (Å²) in [7, 11) is 0. The molecule has 1 aromatic rings. The summed E-state index contributed by atoms with van der Waals surface area (Å²) in [4.78, 5) is 21.2. The van der Waals surface area contributed by atoms with Crippen molar-refractivity contribution in [2.45, 2.75) is 70.7 Å². The molecule has 1 heterocycles. The Balaban J connectivity index is 0.000000351. The molecule has 5 nitrogen and oxygen atoms in total. The van der Waals surface area contributed by atoms with Crippen LogP contribution in [-0.2, 0) is 14.3 Å². The highest BCUT2D eigenvalue weighted by Gasteiger charge is 2.30. The number of carbonyl (C=O) groups excluding carboxylic acids is 2. The maximum atomic E-state index is 11.6. The molecule has 3 atom stereocenters. The van der Waals surface area contributed by atoms with Gasteiger partial charge in [0.25, 0.3) is 6.47 Å². The number of rotatable bonds is 4. The second-order valence-corrected chi connectivity index (χ2v) is 7.01. The van der Waals surface area contributed by atoms with E-state index >= 15 is 0 Å². The summed E-state index contributed by atoms with van der Waals surface area (Å²) in [6, 6.07) is 9.58. The summed E-state index contributed by atoms with van der Waals surface area (Å²) in [6.07, 6.45) is 1.33. The van der Waals surface area contributed by atoms with Gasteiger partial charge in [-0.1, -0.05) is 37.3 Å². The minimum absolute atomic E-state index is 0.149. The normalized spacial score (nSPS) is 22.1. The zero-order valence-corrected chi connectivity index (χ0v) is 15.0. The zero-order chi connectivity index (χ0) is 18.2. The van der Waals surface area contributed by atoms with Gasteiger partial charge in [-0.3, -0.25) is 9.59 Å². The van der Waals surface area contributed by atoms with Crippen molar-refractivity contribution < 1.29 is 19.4 Å².